The monoisotopic (exact) mass is 374 g/mol. The molecule has 0 aliphatic heterocycles. The van der Waals surface area contributed by atoms with E-state index in [0.29, 0.717) is 17.9 Å². The van der Waals surface area contributed by atoms with Crippen LogP contribution in [0, 0.1) is 5.82 Å². The third-order valence-electron chi connectivity index (χ3n) is 3.27. The highest BCUT2D eigenvalue weighted by molar-refractivity contribution is 6.07. The van der Waals surface area contributed by atoms with E-state index in [1.807, 2.05) is 6.92 Å². The highest BCUT2D eigenvalue weighted by Gasteiger charge is 2.18. The summed E-state index contributed by atoms with van der Waals surface area (Å²) in [5.41, 5.74) is -0.00572. The molecule has 0 atom stereocenters. The minimum Gasteiger partial charge on any atom is -0.494 e. The quantitative estimate of drug-likeness (QED) is 0.786. The van der Waals surface area contributed by atoms with Gasteiger partial charge in [0.05, 0.1) is 18.0 Å². The Kier molecular flexibility index (Phi) is 6.39. The third kappa shape index (κ3) is 6.29. The Hall–Kier alpha value is -3.09. The first kappa shape index (κ1) is 20.2. The fourth-order valence-electron chi connectivity index (χ4n) is 2.23. The maximum Gasteiger partial charge on any atom is 0.412 e. The Bertz CT molecular complexity index is 831. The SMILES string of the molecule is CCOc1cccc(C(=O)Nc2cc(F)ccc2NC(=O)OC(C)(C)C)c1. The lowest BCUT2D eigenvalue weighted by Gasteiger charge is -2.20. The molecule has 0 spiro atoms. The maximum atomic E-state index is 13.7. The molecule has 2 aromatic rings. The zero-order valence-corrected chi connectivity index (χ0v) is 15.8. The zero-order valence-electron chi connectivity index (χ0n) is 15.8. The van der Waals surface area contributed by atoms with Gasteiger partial charge in [0.1, 0.15) is 17.2 Å². The molecular formula is C20H23FN2O4. The van der Waals surface area contributed by atoms with E-state index in [0.717, 1.165) is 6.07 Å². The molecule has 0 aromatic heterocycles. The van der Waals surface area contributed by atoms with Gasteiger partial charge < -0.3 is 14.8 Å². The minimum atomic E-state index is -0.706. The normalized spacial score (nSPS) is 10.9. The average Bonchev–Trinajstić information content (AvgIpc) is 2.56. The van der Waals surface area contributed by atoms with Gasteiger partial charge >= 0.3 is 6.09 Å². The molecule has 2 N–H and O–H groups in total. The lowest BCUT2D eigenvalue weighted by atomic mass is 10.2. The molecule has 0 aliphatic rings. The first-order chi connectivity index (χ1) is 12.7. The van der Waals surface area contributed by atoms with Gasteiger partial charge in [0.15, 0.2) is 0 Å². The summed E-state index contributed by atoms with van der Waals surface area (Å²) < 4.78 is 24.2. The molecule has 0 aliphatic carbocycles. The van der Waals surface area contributed by atoms with E-state index in [9.17, 15) is 14.0 Å². The number of amides is 2. The standard InChI is InChI=1S/C20H23FN2O4/c1-5-26-15-8-6-7-13(11-15)18(24)22-17-12-14(21)9-10-16(17)23-19(25)27-20(2,3)4/h6-12H,5H2,1-4H3,(H,22,24)(H,23,25). The first-order valence-electron chi connectivity index (χ1n) is 8.51. The number of ether oxygens (including phenoxy) is 2. The number of benzene rings is 2. The highest BCUT2D eigenvalue weighted by atomic mass is 19.1. The Morgan fingerprint density at radius 3 is 2.44 bits per heavy atom. The van der Waals surface area contributed by atoms with Gasteiger partial charge in [0.25, 0.3) is 5.91 Å². The molecule has 0 saturated heterocycles. The van der Waals surface area contributed by atoms with E-state index in [4.69, 9.17) is 9.47 Å². The maximum absolute atomic E-state index is 13.7. The van der Waals surface area contributed by atoms with E-state index in [-0.39, 0.29) is 11.4 Å². The molecular weight excluding hydrogens is 351 g/mol. The van der Waals surface area contributed by atoms with E-state index in [1.54, 1.807) is 45.0 Å². The van der Waals surface area contributed by atoms with E-state index < -0.39 is 23.4 Å². The number of hydrogen-bond donors (Lipinski definition) is 2. The average molecular weight is 374 g/mol. The smallest absolute Gasteiger partial charge is 0.412 e. The molecule has 144 valence electrons. The van der Waals surface area contributed by atoms with Crippen LogP contribution >= 0.6 is 0 Å². The van der Waals surface area contributed by atoms with Gasteiger partial charge in [-0.25, -0.2) is 9.18 Å². The summed E-state index contributed by atoms with van der Waals surface area (Å²) in [5, 5.41) is 5.12. The van der Waals surface area contributed by atoms with Gasteiger partial charge in [-0.2, -0.15) is 0 Å². The van der Waals surface area contributed by atoms with Crippen LogP contribution in [0.3, 0.4) is 0 Å². The summed E-state index contributed by atoms with van der Waals surface area (Å²) in [7, 11) is 0. The van der Waals surface area contributed by atoms with Gasteiger partial charge in [0, 0.05) is 5.56 Å². The Balaban J connectivity index is 2.20. The number of hydrogen-bond acceptors (Lipinski definition) is 4. The van der Waals surface area contributed by atoms with Crippen LogP contribution in [0.4, 0.5) is 20.6 Å². The van der Waals surface area contributed by atoms with Crippen LogP contribution in [-0.4, -0.2) is 24.2 Å². The van der Waals surface area contributed by atoms with E-state index in [1.165, 1.54) is 12.1 Å². The summed E-state index contributed by atoms with van der Waals surface area (Å²) in [6, 6.07) is 10.3. The lowest BCUT2D eigenvalue weighted by Crippen LogP contribution is -2.27. The summed E-state index contributed by atoms with van der Waals surface area (Å²) in [6.45, 7) is 7.49. The predicted molar refractivity (Wildman–Crippen MR) is 102 cm³/mol. The van der Waals surface area contributed by atoms with Crippen LogP contribution in [-0.2, 0) is 4.74 Å². The third-order valence-corrected chi connectivity index (χ3v) is 3.27. The predicted octanol–water partition coefficient (Wildman–Crippen LogP) is 4.82. The Morgan fingerprint density at radius 2 is 1.78 bits per heavy atom. The number of rotatable bonds is 5. The molecule has 0 heterocycles. The second-order valence-electron chi connectivity index (χ2n) is 6.73. The summed E-state index contributed by atoms with van der Waals surface area (Å²) in [4.78, 5) is 24.5. The van der Waals surface area contributed by atoms with Crippen LogP contribution in [0.5, 0.6) is 5.75 Å². The number of carbonyl (C=O) groups is 2. The molecule has 2 aromatic carbocycles. The summed E-state index contributed by atoms with van der Waals surface area (Å²) in [5.74, 6) is -0.464. The summed E-state index contributed by atoms with van der Waals surface area (Å²) >= 11 is 0. The van der Waals surface area contributed by atoms with Crippen LogP contribution in [0.2, 0.25) is 0 Å². The van der Waals surface area contributed by atoms with Crippen molar-refractivity contribution >= 4 is 23.4 Å². The van der Waals surface area contributed by atoms with Crippen molar-refractivity contribution in [2.45, 2.75) is 33.3 Å². The topological polar surface area (TPSA) is 76.7 Å². The van der Waals surface area contributed by atoms with E-state index >= 15 is 0 Å². The van der Waals surface area contributed by atoms with Crippen LogP contribution in [0.25, 0.3) is 0 Å². The van der Waals surface area contributed by atoms with Crippen molar-refractivity contribution < 1.29 is 23.5 Å². The Labute approximate surface area is 157 Å². The van der Waals surface area contributed by atoms with Gasteiger partial charge in [0.2, 0.25) is 0 Å². The fourth-order valence-corrected chi connectivity index (χ4v) is 2.23. The van der Waals surface area contributed by atoms with Crippen molar-refractivity contribution in [3.8, 4) is 5.75 Å². The Morgan fingerprint density at radius 1 is 1.04 bits per heavy atom. The van der Waals surface area contributed by atoms with Gasteiger partial charge in [-0.15, -0.1) is 0 Å². The van der Waals surface area contributed by atoms with Crippen LogP contribution < -0.4 is 15.4 Å². The van der Waals surface area contributed by atoms with Gasteiger partial charge in [-0.05, 0) is 64.1 Å². The van der Waals surface area contributed by atoms with Crippen molar-refractivity contribution in [1.29, 1.82) is 0 Å². The second-order valence-corrected chi connectivity index (χ2v) is 6.73. The van der Waals surface area contributed by atoms with Crippen molar-refractivity contribution in [1.82, 2.24) is 0 Å². The van der Waals surface area contributed by atoms with Crippen LogP contribution in [0.15, 0.2) is 42.5 Å². The van der Waals surface area contributed by atoms with E-state index in [2.05, 4.69) is 10.6 Å². The lowest BCUT2D eigenvalue weighted by molar-refractivity contribution is 0.0635. The highest BCUT2D eigenvalue weighted by Crippen LogP contribution is 2.25. The van der Waals surface area contributed by atoms with Gasteiger partial charge in [-0.3, -0.25) is 10.1 Å². The van der Waals surface area contributed by atoms with Crippen molar-refractivity contribution in [2.24, 2.45) is 0 Å². The molecule has 0 unspecified atom stereocenters. The molecule has 6 nitrogen and oxygen atoms in total. The molecule has 27 heavy (non-hydrogen) atoms. The van der Waals surface area contributed by atoms with Crippen LogP contribution in [0.1, 0.15) is 38.1 Å². The molecule has 0 saturated carbocycles. The number of anilines is 2. The molecule has 0 fully saturated rings. The fraction of sp³-hybridized carbons (Fsp3) is 0.300. The van der Waals surface area contributed by atoms with Gasteiger partial charge in [-0.1, -0.05) is 6.07 Å². The molecule has 2 amide bonds. The number of halogens is 1. The minimum absolute atomic E-state index is 0.118. The molecule has 2 rings (SSSR count). The molecule has 0 bridgehead atoms. The molecule has 0 radical (unpaired) electrons. The number of nitrogens with one attached hydrogen (secondary N) is 2. The zero-order chi connectivity index (χ0) is 20.0. The largest absolute Gasteiger partial charge is 0.494 e. The molecule has 7 heteroatoms. The first-order valence-corrected chi connectivity index (χ1v) is 8.51. The van der Waals surface area contributed by atoms with Crippen molar-refractivity contribution in [3.05, 3.63) is 53.8 Å². The van der Waals surface area contributed by atoms with Crippen molar-refractivity contribution in [2.75, 3.05) is 17.2 Å². The van der Waals surface area contributed by atoms with Crippen molar-refractivity contribution in [3.63, 3.8) is 0 Å². The summed E-state index contributed by atoms with van der Waals surface area (Å²) in [6.07, 6.45) is -0.706. The second kappa shape index (κ2) is 8.53. The number of carbonyl (C=O) groups excluding carboxylic acids is 2.